The fourth-order valence-electron chi connectivity index (χ4n) is 0.924. The molecule has 1 fully saturated rings. The molecule has 6 heteroatoms. The Bertz CT molecular complexity index is 250. The van der Waals surface area contributed by atoms with Crippen molar-refractivity contribution in [3.8, 4) is 0 Å². The van der Waals surface area contributed by atoms with Crippen LogP contribution in [-0.4, -0.2) is 33.9 Å². The van der Waals surface area contributed by atoms with Crippen LogP contribution in [-0.2, 0) is 14.4 Å². The van der Waals surface area contributed by atoms with E-state index in [1.54, 1.807) is 0 Å². The lowest BCUT2D eigenvalue weighted by atomic mass is 10.1. The molecule has 2 amide bonds. The third-order valence-corrected chi connectivity index (χ3v) is 1.51. The quantitative estimate of drug-likeness (QED) is 0.508. The minimum Gasteiger partial charge on any atom is -0.480 e. The summed E-state index contributed by atoms with van der Waals surface area (Å²) in [6.07, 6.45) is -0.0460. The SMILES string of the molecule is CC(=O)NN1C(=O)CC1C(=O)O. The number of carbonyl (C=O) groups excluding carboxylic acids is 2. The van der Waals surface area contributed by atoms with Crippen molar-refractivity contribution < 1.29 is 19.5 Å². The standard InChI is InChI=1S/C6H8N2O4/c1-3(9)7-8-4(6(11)12)2-5(8)10/h4H,2H2,1H3,(H,7,9)(H,11,12). The Hall–Kier alpha value is -1.59. The first kappa shape index (κ1) is 8.51. The van der Waals surface area contributed by atoms with Crippen LogP contribution < -0.4 is 5.43 Å². The molecule has 1 aliphatic rings. The molecule has 1 heterocycles. The van der Waals surface area contributed by atoms with E-state index in [2.05, 4.69) is 5.43 Å². The minimum atomic E-state index is -1.11. The summed E-state index contributed by atoms with van der Waals surface area (Å²) in [5.74, 6) is -1.93. The number of aliphatic carboxylic acids is 1. The first-order valence-electron chi connectivity index (χ1n) is 3.34. The Morgan fingerprint density at radius 1 is 1.67 bits per heavy atom. The Labute approximate surface area is 68.1 Å². The largest absolute Gasteiger partial charge is 0.480 e. The fourth-order valence-corrected chi connectivity index (χ4v) is 0.924. The fraction of sp³-hybridized carbons (Fsp3) is 0.500. The van der Waals surface area contributed by atoms with E-state index >= 15 is 0 Å². The Morgan fingerprint density at radius 3 is 2.58 bits per heavy atom. The predicted molar refractivity (Wildman–Crippen MR) is 36.7 cm³/mol. The number of rotatable bonds is 2. The second kappa shape index (κ2) is 2.80. The summed E-state index contributed by atoms with van der Waals surface area (Å²) >= 11 is 0. The van der Waals surface area contributed by atoms with Crippen molar-refractivity contribution in [3.63, 3.8) is 0 Å². The van der Waals surface area contributed by atoms with Crippen LogP contribution in [0.3, 0.4) is 0 Å². The van der Waals surface area contributed by atoms with Crippen LogP contribution in [0.5, 0.6) is 0 Å². The molecule has 0 aromatic carbocycles. The van der Waals surface area contributed by atoms with Crippen LogP contribution in [0.2, 0.25) is 0 Å². The number of hydrogen-bond donors (Lipinski definition) is 2. The Kier molecular flexibility index (Phi) is 1.99. The number of hydrogen-bond acceptors (Lipinski definition) is 3. The van der Waals surface area contributed by atoms with Crippen molar-refractivity contribution in [1.82, 2.24) is 10.4 Å². The molecular weight excluding hydrogens is 164 g/mol. The van der Waals surface area contributed by atoms with Gasteiger partial charge in [-0.25, -0.2) is 9.80 Å². The highest BCUT2D eigenvalue weighted by Crippen LogP contribution is 2.15. The van der Waals surface area contributed by atoms with E-state index < -0.39 is 17.9 Å². The second-order valence-corrected chi connectivity index (χ2v) is 2.49. The molecule has 1 saturated heterocycles. The van der Waals surface area contributed by atoms with E-state index in [4.69, 9.17) is 5.11 Å². The Balaban J connectivity index is 2.56. The van der Waals surface area contributed by atoms with Crippen LogP contribution >= 0.6 is 0 Å². The molecule has 1 rings (SSSR count). The monoisotopic (exact) mass is 172 g/mol. The van der Waals surface area contributed by atoms with Crippen LogP contribution in [0.1, 0.15) is 13.3 Å². The van der Waals surface area contributed by atoms with Crippen LogP contribution in [0, 0.1) is 0 Å². The van der Waals surface area contributed by atoms with E-state index in [9.17, 15) is 14.4 Å². The third kappa shape index (κ3) is 1.36. The molecule has 0 aromatic rings. The molecule has 6 nitrogen and oxygen atoms in total. The van der Waals surface area contributed by atoms with Crippen molar-refractivity contribution in [2.24, 2.45) is 0 Å². The van der Waals surface area contributed by atoms with Gasteiger partial charge in [0.1, 0.15) is 0 Å². The molecule has 66 valence electrons. The van der Waals surface area contributed by atoms with E-state index in [1.807, 2.05) is 0 Å². The van der Waals surface area contributed by atoms with Gasteiger partial charge in [0, 0.05) is 6.92 Å². The maximum absolute atomic E-state index is 10.7. The van der Waals surface area contributed by atoms with E-state index in [-0.39, 0.29) is 12.3 Å². The number of carboxylic acid groups (broad SMARTS) is 1. The number of β-lactam (4-membered cyclic amide) rings is 1. The molecule has 0 saturated carbocycles. The second-order valence-electron chi connectivity index (χ2n) is 2.49. The zero-order valence-electron chi connectivity index (χ0n) is 6.40. The van der Waals surface area contributed by atoms with Crippen molar-refractivity contribution in [1.29, 1.82) is 0 Å². The van der Waals surface area contributed by atoms with Gasteiger partial charge in [-0.05, 0) is 0 Å². The molecule has 1 unspecified atom stereocenters. The van der Waals surface area contributed by atoms with Gasteiger partial charge >= 0.3 is 5.97 Å². The summed E-state index contributed by atoms with van der Waals surface area (Å²) in [7, 11) is 0. The molecule has 1 atom stereocenters. The van der Waals surface area contributed by atoms with E-state index in [0.29, 0.717) is 0 Å². The normalized spacial score (nSPS) is 21.6. The van der Waals surface area contributed by atoms with Crippen LogP contribution in [0.25, 0.3) is 0 Å². The van der Waals surface area contributed by atoms with Crippen molar-refractivity contribution in [3.05, 3.63) is 0 Å². The number of amides is 2. The van der Waals surface area contributed by atoms with Gasteiger partial charge in [0.2, 0.25) is 11.8 Å². The van der Waals surface area contributed by atoms with Gasteiger partial charge in [0.15, 0.2) is 6.04 Å². The molecule has 1 aliphatic heterocycles. The van der Waals surface area contributed by atoms with Gasteiger partial charge in [-0.15, -0.1) is 0 Å². The average molecular weight is 172 g/mol. The molecule has 0 aromatic heterocycles. The lowest BCUT2D eigenvalue weighted by Crippen LogP contribution is -2.63. The average Bonchev–Trinajstić information content (AvgIpc) is 1.95. The number of hydrazine groups is 1. The predicted octanol–water partition coefficient (Wildman–Crippen LogP) is -1.28. The first-order chi connectivity index (χ1) is 5.52. The first-order valence-corrected chi connectivity index (χ1v) is 3.34. The third-order valence-electron chi connectivity index (χ3n) is 1.51. The van der Waals surface area contributed by atoms with Crippen LogP contribution in [0.4, 0.5) is 0 Å². The number of carbonyl (C=O) groups is 3. The van der Waals surface area contributed by atoms with Gasteiger partial charge < -0.3 is 5.11 Å². The van der Waals surface area contributed by atoms with Gasteiger partial charge in [-0.3, -0.25) is 15.0 Å². The van der Waals surface area contributed by atoms with Gasteiger partial charge in [0.25, 0.3) is 0 Å². The van der Waals surface area contributed by atoms with Crippen molar-refractivity contribution in [2.45, 2.75) is 19.4 Å². The molecule has 0 bridgehead atoms. The van der Waals surface area contributed by atoms with E-state index in [0.717, 1.165) is 5.01 Å². The molecule has 12 heavy (non-hydrogen) atoms. The lowest BCUT2D eigenvalue weighted by molar-refractivity contribution is -0.168. The summed E-state index contributed by atoms with van der Waals surface area (Å²) in [6.45, 7) is 1.21. The molecular formula is C6H8N2O4. The van der Waals surface area contributed by atoms with Crippen molar-refractivity contribution in [2.75, 3.05) is 0 Å². The molecule has 0 radical (unpaired) electrons. The van der Waals surface area contributed by atoms with Gasteiger partial charge in [0.05, 0.1) is 6.42 Å². The zero-order chi connectivity index (χ0) is 9.30. The van der Waals surface area contributed by atoms with Crippen LogP contribution in [0.15, 0.2) is 0 Å². The maximum atomic E-state index is 10.7. The Morgan fingerprint density at radius 2 is 2.25 bits per heavy atom. The number of nitrogens with one attached hydrogen (secondary N) is 1. The highest BCUT2D eigenvalue weighted by atomic mass is 16.4. The topological polar surface area (TPSA) is 86.7 Å². The summed E-state index contributed by atoms with van der Waals surface area (Å²) in [5.41, 5.74) is 2.12. The summed E-state index contributed by atoms with van der Waals surface area (Å²) in [4.78, 5) is 31.6. The summed E-state index contributed by atoms with van der Waals surface area (Å²) in [5, 5.41) is 9.31. The lowest BCUT2D eigenvalue weighted by Gasteiger charge is -2.36. The van der Waals surface area contributed by atoms with Crippen molar-refractivity contribution >= 4 is 17.8 Å². The van der Waals surface area contributed by atoms with E-state index in [1.165, 1.54) is 6.92 Å². The number of carboxylic acids is 1. The minimum absolute atomic E-state index is 0.0460. The molecule has 0 spiro atoms. The maximum Gasteiger partial charge on any atom is 0.329 e. The number of nitrogens with zero attached hydrogens (tertiary/aromatic N) is 1. The molecule has 2 N–H and O–H groups in total. The highest BCUT2D eigenvalue weighted by Gasteiger charge is 2.42. The summed E-state index contributed by atoms with van der Waals surface area (Å²) in [6, 6.07) is -0.901. The highest BCUT2D eigenvalue weighted by molar-refractivity contribution is 5.95. The zero-order valence-corrected chi connectivity index (χ0v) is 6.40. The summed E-state index contributed by atoms with van der Waals surface area (Å²) < 4.78 is 0. The molecule has 0 aliphatic carbocycles. The van der Waals surface area contributed by atoms with Gasteiger partial charge in [-0.1, -0.05) is 0 Å². The van der Waals surface area contributed by atoms with Gasteiger partial charge in [-0.2, -0.15) is 0 Å². The smallest absolute Gasteiger partial charge is 0.329 e.